The monoisotopic (exact) mass is 388 g/mol. The molecule has 2 heterocycles. The van der Waals surface area contributed by atoms with E-state index in [1.54, 1.807) is 30.3 Å². The van der Waals surface area contributed by atoms with Crippen LogP contribution >= 0.6 is 11.3 Å². The van der Waals surface area contributed by atoms with Gasteiger partial charge in [-0.25, -0.2) is 9.78 Å². The summed E-state index contributed by atoms with van der Waals surface area (Å²) in [5.74, 6) is 0.139. The number of allylic oxidation sites excluding steroid dienone is 1. The van der Waals surface area contributed by atoms with Crippen LogP contribution in [0.5, 0.6) is 5.75 Å². The summed E-state index contributed by atoms with van der Waals surface area (Å²) in [7, 11) is 0. The molecule has 28 heavy (non-hydrogen) atoms. The third-order valence-electron chi connectivity index (χ3n) is 4.52. The molecule has 2 aromatic carbocycles. The topological polar surface area (TPSA) is 98.0 Å². The molecular formula is C21H16N4O2S. The number of amides is 2. The van der Waals surface area contributed by atoms with Crippen molar-refractivity contribution in [3.8, 4) is 23.1 Å². The van der Waals surface area contributed by atoms with Crippen LogP contribution in [0.1, 0.15) is 29.1 Å². The minimum absolute atomic E-state index is 0.139. The smallest absolute Gasteiger partial charge is 0.319 e. The van der Waals surface area contributed by atoms with Gasteiger partial charge in [0.2, 0.25) is 0 Å². The average Bonchev–Trinajstić information content (AvgIpc) is 3.17. The largest absolute Gasteiger partial charge is 0.508 e. The predicted octanol–water partition coefficient (Wildman–Crippen LogP) is 4.17. The molecule has 1 aromatic heterocycles. The van der Waals surface area contributed by atoms with E-state index in [4.69, 9.17) is 10.2 Å². The van der Waals surface area contributed by atoms with Gasteiger partial charge in [-0.2, -0.15) is 5.26 Å². The van der Waals surface area contributed by atoms with Crippen LogP contribution in [-0.4, -0.2) is 16.1 Å². The molecule has 0 radical (unpaired) electrons. The average molecular weight is 388 g/mol. The molecule has 0 saturated heterocycles. The first-order valence-corrected chi connectivity index (χ1v) is 9.47. The molecule has 3 N–H and O–H groups in total. The van der Waals surface area contributed by atoms with E-state index < -0.39 is 6.04 Å². The van der Waals surface area contributed by atoms with Gasteiger partial charge in [0.15, 0.2) is 0 Å². The van der Waals surface area contributed by atoms with E-state index in [0.29, 0.717) is 5.56 Å². The van der Waals surface area contributed by atoms with E-state index in [-0.39, 0.29) is 11.8 Å². The Labute approximate surface area is 165 Å². The fourth-order valence-corrected chi connectivity index (χ4v) is 4.14. The highest BCUT2D eigenvalue weighted by molar-refractivity contribution is 7.11. The summed E-state index contributed by atoms with van der Waals surface area (Å²) >= 11 is 1.48. The van der Waals surface area contributed by atoms with Gasteiger partial charge >= 0.3 is 6.03 Å². The van der Waals surface area contributed by atoms with Crippen LogP contribution < -0.4 is 10.6 Å². The Morgan fingerprint density at radius 1 is 1.21 bits per heavy atom. The van der Waals surface area contributed by atoms with Gasteiger partial charge in [0.05, 0.1) is 23.4 Å². The van der Waals surface area contributed by atoms with Gasteiger partial charge in [0.1, 0.15) is 10.8 Å². The standard InChI is InChI=1S/C21H16N4O2S/c1-12-18(19(25-21(27)23-12)15-3-2-4-16(26)9-15)20-24-17(11-28-20)14-7-5-13(10-22)6-8-14/h2-9,11,19,26H,1H3,(H2,23,25,27). The maximum atomic E-state index is 12.0. The third kappa shape index (κ3) is 3.33. The van der Waals surface area contributed by atoms with Crippen molar-refractivity contribution in [3.63, 3.8) is 0 Å². The number of nitrogens with zero attached hydrogens (tertiary/aromatic N) is 2. The lowest BCUT2D eigenvalue weighted by Gasteiger charge is -2.28. The second kappa shape index (κ2) is 7.18. The molecule has 138 valence electrons. The molecule has 0 saturated carbocycles. The molecule has 1 unspecified atom stereocenters. The molecule has 4 rings (SSSR count). The van der Waals surface area contributed by atoms with Crippen molar-refractivity contribution in [3.05, 3.63) is 75.7 Å². The molecule has 0 spiro atoms. The van der Waals surface area contributed by atoms with Crippen molar-refractivity contribution in [2.24, 2.45) is 0 Å². The van der Waals surface area contributed by atoms with Crippen LogP contribution in [0, 0.1) is 11.3 Å². The molecule has 6 nitrogen and oxygen atoms in total. The second-order valence-corrected chi connectivity index (χ2v) is 7.25. The molecule has 0 aliphatic carbocycles. The van der Waals surface area contributed by atoms with E-state index >= 15 is 0 Å². The lowest BCUT2D eigenvalue weighted by molar-refractivity contribution is 0.240. The number of carbonyl (C=O) groups excluding carboxylic acids is 1. The number of aromatic hydroxyl groups is 1. The molecule has 1 atom stereocenters. The number of aromatic nitrogens is 1. The van der Waals surface area contributed by atoms with Crippen LogP contribution in [-0.2, 0) is 0 Å². The number of hydrogen-bond donors (Lipinski definition) is 3. The number of rotatable bonds is 3. The fraction of sp³-hybridized carbons (Fsp3) is 0.0952. The summed E-state index contributed by atoms with van der Waals surface area (Å²) in [6.07, 6.45) is 0. The number of hydrogen-bond acceptors (Lipinski definition) is 5. The van der Waals surface area contributed by atoms with Crippen LogP contribution in [0.3, 0.4) is 0 Å². The van der Waals surface area contributed by atoms with Gasteiger partial charge in [-0.05, 0) is 36.8 Å². The lowest BCUT2D eigenvalue weighted by Crippen LogP contribution is -2.42. The molecule has 0 fully saturated rings. The van der Waals surface area contributed by atoms with Crippen molar-refractivity contribution in [1.29, 1.82) is 5.26 Å². The van der Waals surface area contributed by atoms with E-state index in [1.807, 2.05) is 30.5 Å². The van der Waals surface area contributed by atoms with E-state index in [2.05, 4.69) is 16.7 Å². The van der Waals surface area contributed by atoms with E-state index in [1.165, 1.54) is 11.3 Å². The molecule has 1 aliphatic heterocycles. The normalized spacial score (nSPS) is 16.3. The number of urea groups is 1. The SMILES string of the molecule is CC1=C(c2nc(-c3ccc(C#N)cc3)cs2)C(c2cccc(O)c2)NC(=O)N1. The van der Waals surface area contributed by atoms with Crippen LogP contribution in [0.2, 0.25) is 0 Å². The molecule has 1 aliphatic rings. The van der Waals surface area contributed by atoms with Crippen molar-refractivity contribution < 1.29 is 9.90 Å². The quantitative estimate of drug-likeness (QED) is 0.627. The van der Waals surface area contributed by atoms with Gasteiger partial charge in [-0.1, -0.05) is 24.3 Å². The van der Waals surface area contributed by atoms with Gasteiger partial charge in [0, 0.05) is 22.2 Å². The minimum atomic E-state index is -0.416. The Bertz CT molecular complexity index is 1130. The number of phenols is 1. The predicted molar refractivity (Wildman–Crippen MR) is 107 cm³/mol. The van der Waals surface area contributed by atoms with E-state index in [9.17, 15) is 9.90 Å². The van der Waals surface area contributed by atoms with Crippen LogP contribution in [0.15, 0.2) is 59.6 Å². The fourth-order valence-electron chi connectivity index (χ4n) is 3.18. The Morgan fingerprint density at radius 2 is 2.00 bits per heavy atom. The highest BCUT2D eigenvalue weighted by Gasteiger charge is 2.29. The Balaban J connectivity index is 1.75. The van der Waals surface area contributed by atoms with Crippen LogP contribution in [0.25, 0.3) is 16.8 Å². The first-order chi connectivity index (χ1) is 13.5. The number of benzene rings is 2. The first-order valence-electron chi connectivity index (χ1n) is 8.59. The van der Waals surface area contributed by atoms with Crippen molar-refractivity contribution >= 4 is 22.9 Å². The maximum absolute atomic E-state index is 12.0. The number of thiazole rings is 1. The first kappa shape index (κ1) is 17.8. The van der Waals surface area contributed by atoms with Crippen LogP contribution in [0.4, 0.5) is 4.79 Å². The Morgan fingerprint density at radius 3 is 2.71 bits per heavy atom. The number of nitrogens with one attached hydrogen (secondary N) is 2. The summed E-state index contributed by atoms with van der Waals surface area (Å²) in [4.78, 5) is 16.8. The summed E-state index contributed by atoms with van der Waals surface area (Å²) in [5, 5.41) is 27.2. The zero-order chi connectivity index (χ0) is 19.7. The minimum Gasteiger partial charge on any atom is -0.508 e. The number of phenolic OH excluding ortho intramolecular Hbond substituents is 1. The summed E-state index contributed by atoms with van der Waals surface area (Å²) < 4.78 is 0. The van der Waals surface area contributed by atoms with Gasteiger partial charge in [-0.3, -0.25) is 0 Å². The highest BCUT2D eigenvalue weighted by atomic mass is 32.1. The van der Waals surface area contributed by atoms with Gasteiger partial charge in [-0.15, -0.1) is 11.3 Å². The molecular weight excluding hydrogens is 372 g/mol. The summed E-state index contributed by atoms with van der Waals surface area (Å²) in [6.45, 7) is 1.84. The second-order valence-electron chi connectivity index (χ2n) is 6.39. The van der Waals surface area contributed by atoms with E-state index in [0.717, 1.165) is 33.1 Å². The summed E-state index contributed by atoms with van der Waals surface area (Å²) in [6, 6.07) is 15.5. The molecule has 3 aromatic rings. The van der Waals surface area contributed by atoms with Crippen molar-refractivity contribution in [2.75, 3.05) is 0 Å². The molecule has 7 heteroatoms. The van der Waals surface area contributed by atoms with Crippen molar-refractivity contribution in [2.45, 2.75) is 13.0 Å². The zero-order valence-electron chi connectivity index (χ0n) is 14.9. The lowest BCUT2D eigenvalue weighted by atomic mass is 9.96. The van der Waals surface area contributed by atoms with Gasteiger partial charge < -0.3 is 15.7 Å². The Kier molecular flexibility index (Phi) is 4.55. The van der Waals surface area contributed by atoms with Gasteiger partial charge in [0.25, 0.3) is 0 Å². The highest BCUT2D eigenvalue weighted by Crippen LogP contribution is 2.37. The number of carbonyl (C=O) groups is 1. The molecule has 0 bridgehead atoms. The maximum Gasteiger partial charge on any atom is 0.319 e. The summed E-state index contributed by atoms with van der Waals surface area (Å²) in [5.41, 5.74) is 4.67. The molecule has 2 amide bonds. The zero-order valence-corrected chi connectivity index (χ0v) is 15.7. The number of nitriles is 1. The van der Waals surface area contributed by atoms with Crippen molar-refractivity contribution in [1.82, 2.24) is 15.6 Å². The Hall–Kier alpha value is -3.63. The third-order valence-corrected chi connectivity index (χ3v) is 5.39.